The molecule has 1 heterocycles. The highest BCUT2D eigenvalue weighted by molar-refractivity contribution is 7.89. The molecule has 1 amide bonds. The maximum atomic E-state index is 13.8. The van der Waals surface area contributed by atoms with Gasteiger partial charge in [0, 0.05) is 23.9 Å². The van der Waals surface area contributed by atoms with E-state index in [2.05, 4.69) is 5.10 Å². The third-order valence-electron chi connectivity index (χ3n) is 6.05. The fraction of sp³-hybridized carbons (Fsp3) is 0.185. The second kappa shape index (κ2) is 10.1. The third-order valence-corrected chi connectivity index (χ3v) is 7.84. The van der Waals surface area contributed by atoms with Crippen LogP contribution in [0.5, 0.6) is 0 Å². The number of aryl methyl sites for hydroxylation is 2. The van der Waals surface area contributed by atoms with Gasteiger partial charge in [-0.2, -0.15) is 5.10 Å². The fourth-order valence-corrected chi connectivity index (χ4v) is 5.47. The zero-order valence-corrected chi connectivity index (χ0v) is 21.3. The largest absolute Gasteiger partial charge is 0.464 e. The molecule has 0 aliphatic heterocycles. The number of hydrogen-bond donors (Lipinski definition) is 1. The van der Waals surface area contributed by atoms with Crippen LogP contribution in [0.3, 0.4) is 0 Å². The van der Waals surface area contributed by atoms with E-state index < -0.39 is 27.8 Å². The van der Waals surface area contributed by atoms with E-state index in [1.54, 1.807) is 54.9 Å². The average Bonchev–Trinajstić information content (AvgIpc) is 3.12. The van der Waals surface area contributed by atoms with Crippen LogP contribution in [0.2, 0.25) is 0 Å². The van der Waals surface area contributed by atoms with Gasteiger partial charge in [-0.25, -0.2) is 31.0 Å². The highest BCUT2D eigenvalue weighted by atomic mass is 32.2. The monoisotopic (exact) mass is 525 g/mol. The summed E-state index contributed by atoms with van der Waals surface area (Å²) < 4.78 is 55.4. The van der Waals surface area contributed by atoms with Crippen molar-refractivity contribution in [1.29, 1.82) is 0 Å². The summed E-state index contributed by atoms with van der Waals surface area (Å²) in [6, 6.07) is 16.4. The SMILES string of the molecule is Cc1ccc(S(=O)(=O)N(CCc2ccc(-n3nc(C)c(-c4cc(F)cc(F)c4)c3C)cc2)C(=O)O)cc1. The Morgan fingerprint density at radius 2 is 1.54 bits per heavy atom. The minimum atomic E-state index is -4.21. The van der Waals surface area contributed by atoms with Crippen molar-refractivity contribution >= 4 is 16.1 Å². The Morgan fingerprint density at radius 3 is 2.11 bits per heavy atom. The summed E-state index contributed by atoms with van der Waals surface area (Å²) in [5, 5.41) is 14.1. The molecular weight excluding hydrogens is 500 g/mol. The molecule has 1 N–H and O–H groups in total. The fourth-order valence-electron chi connectivity index (χ4n) is 4.20. The van der Waals surface area contributed by atoms with Crippen LogP contribution in [0.15, 0.2) is 71.6 Å². The number of carbonyl (C=O) groups is 1. The first kappa shape index (κ1) is 26.0. The number of sulfonamides is 1. The molecule has 10 heteroatoms. The van der Waals surface area contributed by atoms with Crippen molar-refractivity contribution in [3.63, 3.8) is 0 Å². The van der Waals surface area contributed by atoms with Gasteiger partial charge in [0.15, 0.2) is 0 Å². The van der Waals surface area contributed by atoms with E-state index >= 15 is 0 Å². The van der Waals surface area contributed by atoms with Crippen LogP contribution in [-0.2, 0) is 16.4 Å². The molecule has 4 aromatic rings. The molecule has 0 bridgehead atoms. The summed E-state index contributed by atoms with van der Waals surface area (Å²) in [4.78, 5) is 11.7. The van der Waals surface area contributed by atoms with Crippen molar-refractivity contribution in [3.8, 4) is 16.8 Å². The number of nitrogens with zero attached hydrogens (tertiary/aromatic N) is 3. The molecule has 0 atom stereocenters. The predicted octanol–water partition coefficient (Wildman–Crippen LogP) is 5.65. The lowest BCUT2D eigenvalue weighted by molar-refractivity contribution is 0.172. The van der Waals surface area contributed by atoms with Gasteiger partial charge >= 0.3 is 6.09 Å². The van der Waals surface area contributed by atoms with E-state index in [1.165, 1.54) is 24.3 Å². The van der Waals surface area contributed by atoms with Crippen molar-refractivity contribution in [3.05, 3.63) is 101 Å². The van der Waals surface area contributed by atoms with E-state index in [9.17, 15) is 27.1 Å². The zero-order valence-electron chi connectivity index (χ0n) is 20.4. The molecule has 0 unspecified atom stereocenters. The second-order valence-electron chi connectivity index (χ2n) is 8.70. The lowest BCUT2D eigenvalue weighted by atomic mass is 10.0. The van der Waals surface area contributed by atoms with E-state index in [0.29, 0.717) is 32.5 Å². The van der Waals surface area contributed by atoms with Gasteiger partial charge in [0.1, 0.15) is 11.6 Å². The van der Waals surface area contributed by atoms with Crippen molar-refractivity contribution in [2.75, 3.05) is 6.54 Å². The van der Waals surface area contributed by atoms with Crippen LogP contribution in [0.1, 0.15) is 22.5 Å². The van der Waals surface area contributed by atoms with E-state index in [1.807, 2.05) is 6.92 Å². The van der Waals surface area contributed by atoms with Crippen molar-refractivity contribution in [2.45, 2.75) is 32.1 Å². The average molecular weight is 526 g/mol. The molecule has 7 nitrogen and oxygen atoms in total. The number of halogens is 2. The molecule has 0 saturated heterocycles. The molecule has 4 rings (SSSR count). The molecule has 0 aliphatic rings. The molecule has 0 aliphatic carbocycles. The normalized spacial score (nSPS) is 11.5. The minimum Gasteiger partial charge on any atom is -0.464 e. The molecule has 0 radical (unpaired) electrons. The Labute approximate surface area is 213 Å². The highest BCUT2D eigenvalue weighted by Crippen LogP contribution is 2.30. The van der Waals surface area contributed by atoms with E-state index in [4.69, 9.17) is 0 Å². The second-order valence-corrected chi connectivity index (χ2v) is 10.6. The number of amides is 1. The van der Waals surface area contributed by atoms with Crippen molar-refractivity contribution in [1.82, 2.24) is 14.1 Å². The molecule has 192 valence electrons. The molecular formula is C27H25F2N3O4S. The molecule has 37 heavy (non-hydrogen) atoms. The van der Waals surface area contributed by atoms with Crippen molar-refractivity contribution in [2.24, 2.45) is 0 Å². The van der Waals surface area contributed by atoms with Crippen LogP contribution in [0.25, 0.3) is 16.8 Å². The molecule has 3 aromatic carbocycles. The van der Waals surface area contributed by atoms with Crippen LogP contribution < -0.4 is 0 Å². The number of rotatable bonds is 7. The first-order valence-electron chi connectivity index (χ1n) is 11.4. The summed E-state index contributed by atoms with van der Waals surface area (Å²) in [5.74, 6) is -1.35. The minimum absolute atomic E-state index is 0.0886. The summed E-state index contributed by atoms with van der Waals surface area (Å²) in [6.07, 6.45) is -1.39. The first-order chi connectivity index (χ1) is 17.5. The first-order valence-corrected chi connectivity index (χ1v) is 12.9. The molecule has 1 aromatic heterocycles. The number of benzene rings is 3. The Balaban J connectivity index is 1.55. The Bertz CT molecular complexity index is 1540. The van der Waals surface area contributed by atoms with Gasteiger partial charge in [-0.15, -0.1) is 0 Å². The number of aromatic nitrogens is 2. The molecule has 0 fully saturated rings. The highest BCUT2D eigenvalue weighted by Gasteiger charge is 2.28. The predicted molar refractivity (Wildman–Crippen MR) is 135 cm³/mol. The van der Waals surface area contributed by atoms with Crippen molar-refractivity contribution < 1.29 is 27.1 Å². The third kappa shape index (κ3) is 5.39. The summed E-state index contributed by atoms with van der Waals surface area (Å²) in [6.45, 7) is 5.11. The summed E-state index contributed by atoms with van der Waals surface area (Å²) >= 11 is 0. The van der Waals surface area contributed by atoms with Crippen LogP contribution >= 0.6 is 0 Å². The zero-order chi connectivity index (χ0) is 26.9. The van der Waals surface area contributed by atoms with Crippen LogP contribution in [0.4, 0.5) is 13.6 Å². The van der Waals surface area contributed by atoms with Gasteiger partial charge in [0.25, 0.3) is 10.0 Å². The number of hydrogen-bond acceptors (Lipinski definition) is 4. The maximum Gasteiger partial charge on any atom is 0.421 e. The Hall–Kier alpha value is -4.05. The molecule has 0 saturated carbocycles. The van der Waals surface area contributed by atoms with Gasteiger partial charge in [0.2, 0.25) is 0 Å². The summed E-state index contributed by atoms with van der Waals surface area (Å²) in [5.41, 5.74) is 4.58. The lowest BCUT2D eigenvalue weighted by Crippen LogP contribution is -2.37. The molecule has 0 spiro atoms. The quantitative estimate of drug-likeness (QED) is 0.336. The van der Waals surface area contributed by atoms with Gasteiger partial charge in [0.05, 0.1) is 16.3 Å². The van der Waals surface area contributed by atoms with E-state index in [0.717, 1.165) is 17.2 Å². The standard InChI is InChI=1S/C27H25F2N3O4S/c1-17-4-10-25(11-5-17)37(35,36)31(27(33)34)13-12-20-6-8-24(9-7-20)32-19(3)26(18(2)30-32)21-14-22(28)16-23(29)15-21/h4-11,14-16H,12-13H2,1-3H3,(H,33,34). The Kier molecular flexibility index (Phi) is 7.13. The van der Waals surface area contributed by atoms with Gasteiger partial charge < -0.3 is 5.11 Å². The topological polar surface area (TPSA) is 92.5 Å². The van der Waals surface area contributed by atoms with Gasteiger partial charge in [-0.05, 0) is 74.7 Å². The van der Waals surface area contributed by atoms with Crippen LogP contribution in [0, 0.1) is 32.4 Å². The van der Waals surface area contributed by atoms with Crippen LogP contribution in [-0.4, -0.2) is 40.2 Å². The van der Waals surface area contributed by atoms with Gasteiger partial charge in [-0.1, -0.05) is 29.8 Å². The van der Waals surface area contributed by atoms with E-state index in [-0.39, 0.29) is 17.9 Å². The number of carboxylic acid groups (broad SMARTS) is 1. The summed E-state index contributed by atoms with van der Waals surface area (Å²) in [7, 11) is -4.21. The Morgan fingerprint density at radius 1 is 0.946 bits per heavy atom. The maximum absolute atomic E-state index is 13.8. The smallest absolute Gasteiger partial charge is 0.421 e. The lowest BCUT2D eigenvalue weighted by Gasteiger charge is -2.19. The van der Waals surface area contributed by atoms with Gasteiger partial charge in [-0.3, -0.25) is 0 Å².